The van der Waals surface area contributed by atoms with E-state index in [9.17, 15) is 4.79 Å². The Morgan fingerprint density at radius 3 is 2.39 bits per heavy atom. The molecule has 0 heterocycles. The fourth-order valence-electron chi connectivity index (χ4n) is 1.64. The number of benzene rings is 1. The summed E-state index contributed by atoms with van der Waals surface area (Å²) < 4.78 is 10.2. The molecule has 0 amide bonds. The molecule has 1 aromatic carbocycles. The van der Waals surface area contributed by atoms with E-state index >= 15 is 0 Å². The molecule has 0 aromatic heterocycles. The van der Waals surface area contributed by atoms with Gasteiger partial charge in [-0.05, 0) is 43.2 Å². The monoisotopic (exact) mass is 245 g/mol. The molecule has 0 spiro atoms. The van der Waals surface area contributed by atoms with E-state index in [0.29, 0.717) is 11.3 Å². The van der Waals surface area contributed by atoms with Gasteiger partial charge in [-0.3, -0.25) is 0 Å². The van der Waals surface area contributed by atoms with Crippen LogP contribution in [0.1, 0.15) is 16.7 Å². The Kier molecular flexibility index (Phi) is 4.50. The van der Waals surface area contributed by atoms with Crippen LogP contribution >= 0.6 is 0 Å². The van der Waals surface area contributed by atoms with Crippen molar-refractivity contribution in [2.24, 2.45) is 0 Å². The van der Waals surface area contributed by atoms with Gasteiger partial charge in [0.2, 0.25) is 6.10 Å². The van der Waals surface area contributed by atoms with Crippen LogP contribution in [0.2, 0.25) is 0 Å². The molecule has 94 valence electrons. The van der Waals surface area contributed by atoms with E-state index < -0.39 is 12.1 Å². The van der Waals surface area contributed by atoms with Gasteiger partial charge in [0.1, 0.15) is 5.75 Å². The molecule has 4 heteroatoms. The third-order valence-corrected chi connectivity index (χ3v) is 2.48. The van der Waals surface area contributed by atoms with Crippen molar-refractivity contribution in [2.75, 3.05) is 7.11 Å². The third-order valence-electron chi connectivity index (χ3n) is 2.48. The maximum absolute atomic E-state index is 11.4. The van der Waals surface area contributed by atoms with E-state index in [1.54, 1.807) is 12.1 Å². The van der Waals surface area contributed by atoms with Crippen molar-refractivity contribution in [1.82, 2.24) is 0 Å². The first-order chi connectivity index (χ1) is 8.53. The lowest BCUT2D eigenvalue weighted by Gasteiger charge is -2.17. The molecule has 1 atom stereocenters. The SMILES string of the molecule is C=CC(Oc1c(C)cc(C#N)cc1C)C(=O)OC. The number of carbonyl (C=O) groups excluding carboxylic acids is 1. The van der Waals surface area contributed by atoms with Crippen LogP contribution in [0.3, 0.4) is 0 Å². The molecule has 1 aromatic rings. The molecule has 0 bridgehead atoms. The summed E-state index contributed by atoms with van der Waals surface area (Å²) in [6.45, 7) is 7.18. The number of carbonyl (C=O) groups is 1. The van der Waals surface area contributed by atoms with Gasteiger partial charge < -0.3 is 9.47 Å². The quantitative estimate of drug-likeness (QED) is 0.603. The number of rotatable bonds is 4. The Labute approximate surface area is 106 Å². The van der Waals surface area contributed by atoms with Crippen LogP contribution in [0.25, 0.3) is 0 Å². The van der Waals surface area contributed by atoms with Gasteiger partial charge in [-0.1, -0.05) is 6.58 Å². The molecule has 0 saturated heterocycles. The zero-order chi connectivity index (χ0) is 13.7. The molecule has 0 radical (unpaired) electrons. The number of aryl methyl sites for hydroxylation is 2. The predicted molar refractivity (Wildman–Crippen MR) is 67.3 cm³/mol. The van der Waals surface area contributed by atoms with Crippen molar-refractivity contribution in [1.29, 1.82) is 5.26 Å². The van der Waals surface area contributed by atoms with Crippen molar-refractivity contribution in [3.8, 4) is 11.8 Å². The molecule has 0 aliphatic rings. The van der Waals surface area contributed by atoms with Crippen LogP contribution in [0.4, 0.5) is 0 Å². The third kappa shape index (κ3) is 2.89. The standard InChI is InChI=1S/C14H15NO3/c1-5-12(14(16)17-4)18-13-9(2)6-11(8-15)7-10(13)3/h5-7,12H,1H2,2-4H3. The van der Waals surface area contributed by atoms with Gasteiger partial charge in [-0.15, -0.1) is 0 Å². The largest absolute Gasteiger partial charge is 0.474 e. The highest BCUT2D eigenvalue weighted by molar-refractivity contribution is 5.77. The predicted octanol–water partition coefficient (Wildman–Crippen LogP) is 2.28. The molecule has 0 fully saturated rings. The second-order valence-electron chi connectivity index (χ2n) is 3.85. The zero-order valence-electron chi connectivity index (χ0n) is 10.7. The van der Waals surface area contributed by atoms with Gasteiger partial charge in [0.25, 0.3) is 0 Å². The molecule has 4 nitrogen and oxygen atoms in total. The first-order valence-corrected chi connectivity index (χ1v) is 5.41. The van der Waals surface area contributed by atoms with Crippen molar-refractivity contribution in [3.63, 3.8) is 0 Å². The summed E-state index contributed by atoms with van der Waals surface area (Å²) >= 11 is 0. The molecule has 0 aliphatic carbocycles. The highest BCUT2D eigenvalue weighted by Crippen LogP contribution is 2.26. The molecular formula is C14H15NO3. The van der Waals surface area contributed by atoms with Crippen molar-refractivity contribution < 1.29 is 14.3 Å². The van der Waals surface area contributed by atoms with E-state index in [1.807, 2.05) is 13.8 Å². The minimum atomic E-state index is -0.847. The van der Waals surface area contributed by atoms with Gasteiger partial charge in [0.05, 0.1) is 18.7 Å². The molecule has 0 N–H and O–H groups in total. The fourth-order valence-corrected chi connectivity index (χ4v) is 1.64. The second-order valence-corrected chi connectivity index (χ2v) is 3.85. The van der Waals surface area contributed by atoms with Gasteiger partial charge >= 0.3 is 5.97 Å². The van der Waals surface area contributed by atoms with Crippen molar-refractivity contribution in [2.45, 2.75) is 20.0 Å². The van der Waals surface area contributed by atoms with Crippen LogP contribution in [-0.2, 0) is 9.53 Å². The Morgan fingerprint density at radius 1 is 1.44 bits per heavy atom. The summed E-state index contributed by atoms with van der Waals surface area (Å²) in [5, 5.41) is 8.85. The molecule has 18 heavy (non-hydrogen) atoms. The van der Waals surface area contributed by atoms with Crippen molar-refractivity contribution in [3.05, 3.63) is 41.5 Å². The number of nitriles is 1. The summed E-state index contributed by atoms with van der Waals surface area (Å²) in [7, 11) is 1.29. The molecule has 0 saturated carbocycles. The first-order valence-electron chi connectivity index (χ1n) is 5.41. The van der Waals surface area contributed by atoms with Crippen LogP contribution in [-0.4, -0.2) is 19.2 Å². The maximum Gasteiger partial charge on any atom is 0.351 e. The zero-order valence-corrected chi connectivity index (χ0v) is 10.7. The maximum atomic E-state index is 11.4. The lowest BCUT2D eigenvalue weighted by atomic mass is 10.1. The Morgan fingerprint density at radius 2 is 2.00 bits per heavy atom. The van der Waals surface area contributed by atoms with Crippen LogP contribution < -0.4 is 4.74 Å². The summed E-state index contributed by atoms with van der Waals surface area (Å²) in [4.78, 5) is 11.4. The number of methoxy groups -OCH3 is 1. The average molecular weight is 245 g/mol. The topological polar surface area (TPSA) is 59.3 Å². The smallest absolute Gasteiger partial charge is 0.351 e. The second kappa shape index (κ2) is 5.87. The fraction of sp³-hybridized carbons (Fsp3) is 0.286. The number of hydrogen-bond donors (Lipinski definition) is 0. The number of nitrogens with zero attached hydrogens (tertiary/aromatic N) is 1. The Hall–Kier alpha value is -2.28. The van der Waals surface area contributed by atoms with Crippen molar-refractivity contribution >= 4 is 5.97 Å². The van der Waals surface area contributed by atoms with E-state index in [-0.39, 0.29) is 0 Å². The minimum Gasteiger partial charge on any atom is -0.474 e. The number of ether oxygens (including phenoxy) is 2. The first kappa shape index (κ1) is 13.8. The van der Waals surface area contributed by atoms with E-state index in [4.69, 9.17) is 10.00 Å². The van der Waals surface area contributed by atoms with Crippen LogP contribution in [0, 0.1) is 25.2 Å². The molecular weight excluding hydrogens is 230 g/mol. The highest BCUT2D eigenvalue weighted by atomic mass is 16.6. The van der Waals surface area contributed by atoms with E-state index in [1.165, 1.54) is 13.2 Å². The molecule has 1 unspecified atom stereocenters. The minimum absolute atomic E-state index is 0.506. The molecule has 0 aliphatic heterocycles. The summed E-state index contributed by atoms with van der Waals surface area (Å²) in [5.41, 5.74) is 2.15. The highest BCUT2D eigenvalue weighted by Gasteiger charge is 2.19. The van der Waals surface area contributed by atoms with Crippen LogP contribution in [0.5, 0.6) is 5.75 Å². The van der Waals surface area contributed by atoms with Gasteiger partial charge in [-0.2, -0.15) is 5.26 Å². The lowest BCUT2D eigenvalue weighted by Crippen LogP contribution is -2.26. The van der Waals surface area contributed by atoms with Crippen LogP contribution in [0.15, 0.2) is 24.8 Å². The van der Waals surface area contributed by atoms with E-state index in [0.717, 1.165) is 11.1 Å². The number of esters is 1. The van der Waals surface area contributed by atoms with E-state index in [2.05, 4.69) is 17.4 Å². The lowest BCUT2D eigenvalue weighted by molar-refractivity contribution is -0.146. The summed E-state index contributed by atoms with van der Waals surface area (Å²) in [6, 6.07) is 5.49. The summed E-state index contributed by atoms with van der Waals surface area (Å²) in [6.07, 6.45) is 0.531. The Balaban J connectivity index is 3.08. The molecule has 1 rings (SSSR count). The average Bonchev–Trinajstić information content (AvgIpc) is 2.37. The number of hydrogen-bond acceptors (Lipinski definition) is 4. The Bertz CT molecular complexity index is 491. The van der Waals surface area contributed by atoms with Gasteiger partial charge in [-0.25, -0.2) is 4.79 Å². The van der Waals surface area contributed by atoms with Gasteiger partial charge in [0.15, 0.2) is 0 Å². The normalized spacial score (nSPS) is 11.2. The van der Waals surface area contributed by atoms with Gasteiger partial charge in [0, 0.05) is 0 Å². The summed E-state index contributed by atoms with van der Waals surface area (Å²) in [5.74, 6) is 0.0671.